The van der Waals surface area contributed by atoms with Gasteiger partial charge in [-0.2, -0.15) is 0 Å². The molecule has 0 aromatic heterocycles. The van der Waals surface area contributed by atoms with E-state index in [-0.39, 0.29) is 12.4 Å². The molecule has 0 N–H and O–H groups in total. The number of halogens is 1. The first-order valence-electron chi connectivity index (χ1n) is 15.4. The van der Waals surface area contributed by atoms with Gasteiger partial charge in [0.2, 0.25) is 0 Å². The Morgan fingerprint density at radius 1 is 0.304 bits per heavy atom. The Morgan fingerprint density at radius 3 is 0.826 bits per heavy atom. The average molecular weight is 651 g/mol. The van der Waals surface area contributed by atoms with Gasteiger partial charge in [0.15, 0.2) is 0 Å². The molecule has 0 atom stereocenters. The fourth-order valence-electron chi connectivity index (χ4n) is 5.80. The van der Waals surface area contributed by atoms with Gasteiger partial charge in [0.1, 0.15) is 23.2 Å². The predicted molar refractivity (Wildman–Crippen MR) is 200 cm³/mol. The molecule has 0 aliphatic heterocycles. The van der Waals surface area contributed by atoms with Gasteiger partial charge in [0.25, 0.3) is 0 Å². The van der Waals surface area contributed by atoms with Crippen LogP contribution in [0.5, 0.6) is 0 Å². The summed E-state index contributed by atoms with van der Waals surface area (Å²) < 4.78 is 0. The van der Waals surface area contributed by atoms with Crippen molar-refractivity contribution in [3.63, 3.8) is 0 Å². The van der Waals surface area contributed by atoms with E-state index in [9.17, 15) is 0 Å². The lowest BCUT2D eigenvalue weighted by molar-refractivity contribution is -0.00000857. The predicted octanol–water partition coefficient (Wildman–Crippen LogP) is 5.63. The van der Waals surface area contributed by atoms with Crippen LogP contribution in [-0.2, 0) is 6.16 Å². The van der Waals surface area contributed by atoms with Crippen molar-refractivity contribution >= 4 is 47.0 Å². The Bertz CT molecular complexity index is 1640. The highest BCUT2D eigenvalue weighted by Crippen LogP contribution is 2.58. The molecular weight excluding hydrogens is 614 g/mol. The zero-order chi connectivity index (χ0) is 30.6. The van der Waals surface area contributed by atoms with Gasteiger partial charge in [-0.1, -0.05) is 176 Å². The van der Waals surface area contributed by atoms with Crippen LogP contribution in [0, 0.1) is 0 Å². The normalized spacial score (nSPS) is 10.7. The van der Waals surface area contributed by atoms with Gasteiger partial charge in [-0.3, -0.25) is 0 Å². The molecule has 0 nitrogen and oxygen atoms in total. The standard InChI is InChI=1S/C25H22P.C18H15P.ClH/c1-5-13-22(14-6-1)21-26(23-15-7-2-8-16-23,24-17-9-3-10-18-24)25-19-11-4-12-20-25;1-4-10-16(11-5-1)19(17-12-6-2-7-13-17)18-14-8-3-9-15-18;/h1-20H,21H2;1-15H;1H/q+1;;/p-1. The molecule has 0 radical (unpaired) electrons. The summed E-state index contributed by atoms with van der Waals surface area (Å²) in [6.07, 6.45) is 1.03. The third kappa shape index (κ3) is 7.91. The highest BCUT2D eigenvalue weighted by atomic mass is 35.5. The zero-order valence-corrected chi connectivity index (χ0v) is 28.2. The van der Waals surface area contributed by atoms with E-state index in [0.717, 1.165) is 6.16 Å². The Hall–Kier alpha value is -4.31. The van der Waals surface area contributed by atoms with Gasteiger partial charge in [-0.05, 0) is 65.8 Å². The summed E-state index contributed by atoms with van der Waals surface area (Å²) >= 11 is 0. The van der Waals surface area contributed by atoms with Gasteiger partial charge < -0.3 is 12.4 Å². The maximum Gasteiger partial charge on any atom is 0.116 e. The molecule has 0 saturated carbocycles. The van der Waals surface area contributed by atoms with E-state index >= 15 is 0 Å². The first kappa shape index (κ1) is 33.1. The molecule has 3 heteroatoms. The van der Waals surface area contributed by atoms with Crippen molar-refractivity contribution in [2.24, 2.45) is 0 Å². The molecule has 0 heterocycles. The van der Waals surface area contributed by atoms with Crippen molar-refractivity contribution in [2.75, 3.05) is 0 Å². The highest BCUT2D eigenvalue weighted by molar-refractivity contribution is 7.95. The Morgan fingerprint density at radius 2 is 0.543 bits per heavy atom. The van der Waals surface area contributed by atoms with Crippen LogP contribution in [0.4, 0.5) is 0 Å². The summed E-state index contributed by atoms with van der Waals surface area (Å²) in [6.45, 7) is 0. The Labute approximate surface area is 282 Å². The van der Waals surface area contributed by atoms with E-state index in [2.05, 4.69) is 212 Å². The van der Waals surface area contributed by atoms with Crippen LogP contribution in [0.2, 0.25) is 0 Å². The zero-order valence-electron chi connectivity index (χ0n) is 25.7. The van der Waals surface area contributed by atoms with E-state index < -0.39 is 15.2 Å². The van der Waals surface area contributed by atoms with Crippen molar-refractivity contribution in [2.45, 2.75) is 6.16 Å². The first-order chi connectivity index (χ1) is 22.3. The van der Waals surface area contributed by atoms with Crippen LogP contribution < -0.4 is 44.2 Å². The van der Waals surface area contributed by atoms with Crippen LogP contribution in [0.3, 0.4) is 0 Å². The fraction of sp³-hybridized carbons (Fsp3) is 0.0233. The van der Waals surface area contributed by atoms with E-state index in [1.807, 2.05) is 0 Å². The van der Waals surface area contributed by atoms with Crippen molar-refractivity contribution in [3.05, 3.63) is 218 Å². The van der Waals surface area contributed by atoms with E-state index in [1.165, 1.54) is 37.4 Å². The lowest BCUT2D eigenvalue weighted by atomic mass is 10.2. The van der Waals surface area contributed by atoms with Crippen LogP contribution in [0.1, 0.15) is 5.56 Å². The largest absolute Gasteiger partial charge is 1.00 e. The van der Waals surface area contributed by atoms with Gasteiger partial charge in [0, 0.05) is 0 Å². The summed E-state index contributed by atoms with van der Waals surface area (Å²) in [6, 6.07) is 76.4. The smallest absolute Gasteiger partial charge is 0.116 e. The highest BCUT2D eigenvalue weighted by Gasteiger charge is 2.45. The van der Waals surface area contributed by atoms with Crippen LogP contribution >= 0.6 is 15.2 Å². The summed E-state index contributed by atoms with van der Waals surface area (Å²) in [5, 5.41) is 8.49. The SMILES string of the molecule is [Cl-].c1ccc(C[P+](c2ccccc2)(c2ccccc2)c2ccccc2)cc1.c1ccc(P(c2ccccc2)c2ccccc2)cc1. The number of benzene rings is 7. The number of hydrogen-bond acceptors (Lipinski definition) is 0. The molecular formula is C43H37ClP2. The Balaban J connectivity index is 0.000000186. The lowest BCUT2D eigenvalue weighted by Gasteiger charge is -2.27. The van der Waals surface area contributed by atoms with Crippen molar-refractivity contribution in [1.82, 2.24) is 0 Å². The molecule has 0 spiro atoms. The minimum Gasteiger partial charge on any atom is -1.00 e. The van der Waals surface area contributed by atoms with Crippen molar-refractivity contribution in [3.8, 4) is 0 Å². The van der Waals surface area contributed by atoms with Crippen molar-refractivity contribution < 1.29 is 12.4 Å². The topological polar surface area (TPSA) is 0 Å². The number of hydrogen-bond donors (Lipinski definition) is 0. The molecule has 0 amide bonds. The van der Waals surface area contributed by atoms with E-state index in [1.54, 1.807) is 0 Å². The molecule has 7 aromatic rings. The third-order valence-corrected chi connectivity index (χ3v) is 14.7. The molecule has 0 saturated heterocycles. The molecule has 226 valence electrons. The average Bonchev–Trinajstić information content (AvgIpc) is 3.14. The maximum absolute atomic E-state index is 2.30. The van der Waals surface area contributed by atoms with Crippen LogP contribution in [0.25, 0.3) is 0 Å². The van der Waals surface area contributed by atoms with Crippen LogP contribution in [0.15, 0.2) is 212 Å². The second-order valence-corrected chi connectivity index (χ2v) is 16.5. The maximum atomic E-state index is 2.30. The third-order valence-electron chi connectivity index (χ3n) is 7.90. The summed E-state index contributed by atoms with van der Waals surface area (Å²) in [7, 11) is -2.22. The molecule has 46 heavy (non-hydrogen) atoms. The quantitative estimate of drug-likeness (QED) is 0.187. The Kier molecular flexibility index (Phi) is 12.1. The number of rotatable bonds is 8. The van der Waals surface area contributed by atoms with Gasteiger partial charge in [0.05, 0.1) is 6.16 Å². The molecule has 0 unspecified atom stereocenters. The van der Waals surface area contributed by atoms with E-state index in [0.29, 0.717) is 0 Å². The molecule has 0 fully saturated rings. The molecule has 7 rings (SSSR count). The monoisotopic (exact) mass is 650 g/mol. The van der Waals surface area contributed by atoms with Crippen LogP contribution in [-0.4, -0.2) is 0 Å². The van der Waals surface area contributed by atoms with E-state index in [4.69, 9.17) is 0 Å². The minimum absolute atomic E-state index is 0. The van der Waals surface area contributed by atoms with Gasteiger partial charge >= 0.3 is 0 Å². The summed E-state index contributed by atoms with van der Waals surface area (Å²) in [5.74, 6) is 0. The molecule has 7 aromatic carbocycles. The summed E-state index contributed by atoms with van der Waals surface area (Å²) in [5.41, 5.74) is 1.39. The van der Waals surface area contributed by atoms with Crippen molar-refractivity contribution in [1.29, 1.82) is 0 Å². The molecule has 0 bridgehead atoms. The minimum atomic E-state index is -1.78. The second-order valence-electron chi connectivity index (χ2n) is 10.8. The van der Waals surface area contributed by atoms with Gasteiger partial charge in [-0.15, -0.1) is 0 Å². The second kappa shape index (κ2) is 16.8. The first-order valence-corrected chi connectivity index (χ1v) is 18.7. The fourth-order valence-corrected chi connectivity index (χ4v) is 12.4. The van der Waals surface area contributed by atoms with Gasteiger partial charge in [-0.25, -0.2) is 0 Å². The lowest BCUT2D eigenvalue weighted by Crippen LogP contribution is -3.00. The summed E-state index contributed by atoms with van der Waals surface area (Å²) in [4.78, 5) is 0. The molecule has 0 aliphatic rings. The molecule has 0 aliphatic carbocycles.